The zero-order valence-electron chi connectivity index (χ0n) is 11.5. The van der Waals surface area contributed by atoms with Crippen molar-refractivity contribution in [1.82, 2.24) is 0 Å². The quantitative estimate of drug-likeness (QED) is 0.507. The first kappa shape index (κ1) is 15.4. The molecule has 1 aromatic carbocycles. The topological polar surface area (TPSA) is 18.5 Å². The number of hydrogen-bond donors (Lipinski definition) is 0. The van der Waals surface area contributed by atoms with E-state index in [0.717, 1.165) is 41.3 Å². The van der Waals surface area contributed by atoms with E-state index in [4.69, 9.17) is 9.47 Å². The molecule has 0 spiro atoms. The maximum Gasteiger partial charge on any atom is 0.165 e. The SMILES string of the molecule is CCOc1cccc(CBr)c1OCCCC(C)C. The van der Waals surface area contributed by atoms with Gasteiger partial charge in [-0.2, -0.15) is 0 Å². The van der Waals surface area contributed by atoms with E-state index >= 15 is 0 Å². The van der Waals surface area contributed by atoms with E-state index < -0.39 is 0 Å². The smallest absolute Gasteiger partial charge is 0.165 e. The summed E-state index contributed by atoms with van der Waals surface area (Å²) in [5.74, 6) is 2.46. The Bertz CT molecular complexity index is 350. The highest BCUT2D eigenvalue weighted by Crippen LogP contribution is 2.33. The zero-order chi connectivity index (χ0) is 13.4. The lowest BCUT2D eigenvalue weighted by Gasteiger charge is -2.15. The minimum Gasteiger partial charge on any atom is -0.490 e. The second kappa shape index (κ2) is 8.41. The van der Waals surface area contributed by atoms with Gasteiger partial charge in [-0.3, -0.25) is 0 Å². The molecule has 0 saturated heterocycles. The van der Waals surface area contributed by atoms with Crippen LogP contribution >= 0.6 is 15.9 Å². The van der Waals surface area contributed by atoms with Crippen molar-refractivity contribution in [2.24, 2.45) is 5.92 Å². The lowest BCUT2D eigenvalue weighted by Crippen LogP contribution is -2.04. The van der Waals surface area contributed by atoms with E-state index in [0.29, 0.717) is 6.61 Å². The minimum atomic E-state index is 0.661. The van der Waals surface area contributed by atoms with Gasteiger partial charge in [0.05, 0.1) is 13.2 Å². The molecule has 18 heavy (non-hydrogen) atoms. The van der Waals surface area contributed by atoms with Gasteiger partial charge in [0.15, 0.2) is 11.5 Å². The van der Waals surface area contributed by atoms with Gasteiger partial charge in [0.25, 0.3) is 0 Å². The fraction of sp³-hybridized carbons (Fsp3) is 0.600. The number of halogens is 1. The van der Waals surface area contributed by atoms with Crippen molar-refractivity contribution in [3.63, 3.8) is 0 Å². The summed E-state index contributed by atoms with van der Waals surface area (Å²) in [6.45, 7) is 7.87. The zero-order valence-corrected chi connectivity index (χ0v) is 13.1. The van der Waals surface area contributed by atoms with Crippen LogP contribution in [0.15, 0.2) is 18.2 Å². The highest BCUT2D eigenvalue weighted by Gasteiger charge is 2.10. The maximum absolute atomic E-state index is 5.91. The molecule has 0 aliphatic rings. The molecule has 0 saturated carbocycles. The van der Waals surface area contributed by atoms with Crippen LogP contribution in [0.3, 0.4) is 0 Å². The average molecular weight is 315 g/mol. The Balaban J connectivity index is 2.65. The Hall–Kier alpha value is -0.700. The van der Waals surface area contributed by atoms with Crippen LogP contribution < -0.4 is 9.47 Å². The van der Waals surface area contributed by atoms with Crippen molar-refractivity contribution in [3.8, 4) is 11.5 Å². The number of ether oxygens (including phenoxy) is 2. The summed E-state index contributed by atoms with van der Waals surface area (Å²) < 4.78 is 11.5. The van der Waals surface area contributed by atoms with Crippen molar-refractivity contribution in [1.29, 1.82) is 0 Å². The Kier molecular flexibility index (Phi) is 7.18. The molecular weight excluding hydrogens is 292 g/mol. The molecule has 0 bridgehead atoms. The van der Waals surface area contributed by atoms with E-state index in [2.05, 4.69) is 35.8 Å². The van der Waals surface area contributed by atoms with Crippen LogP contribution in [0.1, 0.15) is 39.2 Å². The fourth-order valence-corrected chi connectivity index (χ4v) is 2.21. The van der Waals surface area contributed by atoms with Gasteiger partial charge in [-0.1, -0.05) is 41.9 Å². The van der Waals surface area contributed by atoms with Crippen LogP contribution in [0.25, 0.3) is 0 Å². The predicted octanol–water partition coefficient (Wildman–Crippen LogP) is 4.80. The van der Waals surface area contributed by atoms with E-state index in [1.54, 1.807) is 0 Å². The first-order chi connectivity index (χ1) is 8.69. The monoisotopic (exact) mass is 314 g/mol. The molecule has 0 aliphatic heterocycles. The number of rotatable bonds is 8. The van der Waals surface area contributed by atoms with Crippen molar-refractivity contribution in [2.45, 2.75) is 38.9 Å². The molecular formula is C15H23BrO2. The summed E-state index contributed by atoms with van der Waals surface area (Å²) in [6.07, 6.45) is 2.28. The van der Waals surface area contributed by atoms with Gasteiger partial charge in [-0.05, 0) is 31.7 Å². The summed E-state index contributed by atoms with van der Waals surface area (Å²) >= 11 is 3.49. The third-order valence-electron chi connectivity index (χ3n) is 2.68. The first-order valence-corrected chi connectivity index (χ1v) is 7.74. The van der Waals surface area contributed by atoms with E-state index in [-0.39, 0.29) is 0 Å². The number of para-hydroxylation sites is 1. The van der Waals surface area contributed by atoms with Gasteiger partial charge in [-0.15, -0.1) is 0 Å². The third-order valence-corrected chi connectivity index (χ3v) is 3.28. The molecule has 3 heteroatoms. The predicted molar refractivity (Wildman–Crippen MR) is 79.8 cm³/mol. The van der Waals surface area contributed by atoms with Crippen molar-refractivity contribution >= 4 is 15.9 Å². The number of hydrogen-bond acceptors (Lipinski definition) is 2. The minimum absolute atomic E-state index is 0.661. The molecule has 1 aromatic rings. The Morgan fingerprint density at radius 1 is 1.22 bits per heavy atom. The molecule has 0 aromatic heterocycles. The first-order valence-electron chi connectivity index (χ1n) is 6.62. The molecule has 0 atom stereocenters. The number of benzene rings is 1. The van der Waals surface area contributed by atoms with E-state index in [1.807, 2.05) is 19.1 Å². The molecule has 0 aliphatic carbocycles. The van der Waals surface area contributed by atoms with Crippen molar-refractivity contribution in [3.05, 3.63) is 23.8 Å². The van der Waals surface area contributed by atoms with Gasteiger partial charge in [0, 0.05) is 10.9 Å². The molecule has 2 nitrogen and oxygen atoms in total. The average Bonchev–Trinajstić information content (AvgIpc) is 2.35. The van der Waals surface area contributed by atoms with Crippen molar-refractivity contribution < 1.29 is 9.47 Å². The molecule has 0 amide bonds. The molecule has 0 unspecified atom stereocenters. The van der Waals surface area contributed by atoms with E-state index in [9.17, 15) is 0 Å². The summed E-state index contributed by atoms with van der Waals surface area (Å²) in [7, 11) is 0. The summed E-state index contributed by atoms with van der Waals surface area (Å²) in [5, 5.41) is 0.785. The van der Waals surface area contributed by atoms with Gasteiger partial charge in [0.2, 0.25) is 0 Å². The largest absolute Gasteiger partial charge is 0.490 e. The summed E-state index contributed by atoms with van der Waals surface area (Å²) in [4.78, 5) is 0. The van der Waals surface area contributed by atoms with Crippen molar-refractivity contribution in [2.75, 3.05) is 13.2 Å². The second-order valence-electron chi connectivity index (χ2n) is 4.70. The van der Waals surface area contributed by atoms with Crippen LogP contribution in [-0.2, 0) is 5.33 Å². The van der Waals surface area contributed by atoms with E-state index in [1.165, 1.54) is 6.42 Å². The van der Waals surface area contributed by atoms with Crippen LogP contribution in [-0.4, -0.2) is 13.2 Å². The fourth-order valence-electron chi connectivity index (χ4n) is 1.77. The molecule has 0 heterocycles. The van der Waals surface area contributed by atoms with Crippen LogP contribution in [0.5, 0.6) is 11.5 Å². The van der Waals surface area contributed by atoms with Gasteiger partial charge in [0.1, 0.15) is 0 Å². The normalized spacial score (nSPS) is 10.7. The maximum atomic E-state index is 5.91. The molecule has 1 rings (SSSR count). The molecule has 0 N–H and O–H groups in total. The van der Waals surface area contributed by atoms with Crippen LogP contribution in [0.4, 0.5) is 0 Å². The number of alkyl halides is 1. The highest BCUT2D eigenvalue weighted by molar-refractivity contribution is 9.08. The second-order valence-corrected chi connectivity index (χ2v) is 5.26. The third kappa shape index (κ3) is 4.89. The van der Waals surface area contributed by atoms with Crippen LogP contribution in [0, 0.1) is 5.92 Å². The molecule has 102 valence electrons. The lowest BCUT2D eigenvalue weighted by atomic mass is 10.1. The molecule has 0 fully saturated rings. The van der Waals surface area contributed by atoms with Gasteiger partial charge < -0.3 is 9.47 Å². The highest BCUT2D eigenvalue weighted by atomic mass is 79.9. The Morgan fingerprint density at radius 2 is 2.00 bits per heavy atom. The standard InChI is InChI=1S/C15H23BrO2/c1-4-17-14-9-5-8-13(11-16)15(14)18-10-6-7-12(2)3/h5,8-9,12H,4,6-7,10-11H2,1-3H3. The molecule has 0 radical (unpaired) electrons. The van der Waals surface area contributed by atoms with Gasteiger partial charge >= 0.3 is 0 Å². The summed E-state index contributed by atoms with van der Waals surface area (Å²) in [5.41, 5.74) is 1.14. The lowest BCUT2D eigenvalue weighted by molar-refractivity contribution is 0.265. The van der Waals surface area contributed by atoms with Gasteiger partial charge in [-0.25, -0.2) is 0 Å². The Morgan fingerprint density at radius 3 is 2.61 bits per heavy atom. The Labute approximate surface area is 119 Å². The summed E-state index contributed by atoms with van der Waals surface area (Å²) in [6, 6.07) is 6.03. The van der Waals surface area contributed by atoms with Crippen LogP contribution in [0.2, 0.25) is 0 Å².